The lowest BCUT2D eigenvalue weighted by Gasteiger charge is -2.44. The standard InChI is InChI=1S/C20H25N5O3/c1-15-13-24(17-5-8-23(9-6-17)10-7-22-19(26)27)20(28)25(14-15)18-4-2-3-16(11-18)12-21/h2-4,11,17,22H,1,5-10,13-14H2,(H,26,27). The van der Waals surface area contributed by atoms with E-state index in [-0.39, 0.29) is 12.1 Å². The summed E-state index contributed by atoms with van der Waals surface area (Å²) in [5.74, 6) is 0. The molecule has 0 saturated carbocycles. The molecule has 148 valence electrons. The van der Waals surface area contributed by atoms with E-state index < -0.39 is 6.09 Å². The molecular formula is C20H25N5O3. The number of nitriles is 1. The van der Waals surface area contributed by atoms with E-state index in [1.54, 1.807) is 23.1 Å². The first-order chi connectivity index (χ1) is 13.5. The Morgan fingerprint density at radius 2 is 2.07 bits per heavy atom. The molecule has 0 aliphatic carbocycles. The fourth-order valence-electron chi connectivity index (χ4n) is 3.81. The first-order valence-corrected chi connectivity index (χ1v) is 9.42. The van der Waals surface area contributed by atoms with E-state index in [2.05, 4.69) is 22.9 Å². The van der Waals surface area contributed by atoms with Crippen LogP contribution in [0.2, 0.25) is 0 Å². The number of benzene rings is 1. The molecular weight excluding hydrogens is 358 g/mol. The number of carbonyl (C=O) groups excluding carboxylic acids is 1. The van der Waals surface area contributed by atoms with E-state index in [0.29, 0.717) is 37.4 Å². The highest BCUT2D eigenvalue weighted by Gasteiger charge is 2.35. The van der Waals surface area contributed by atoms with Crippen molar-refractivity contribution in [1.82, 2.24) is 15.1 Å². The first kappa shape index (κ1) is 19.7. The molecule has 0 spiro atoms. The fourth-order valence-corrected chi connectivity index (χ4v) is 3.81. The van der Waals surface area contributed by atoms with Crippen LogP contribution in [0.3, 0.4) is 0 Å². The molecule has 1 aromatic carbocycles. The molecule has 2 saturated heterocycles. The van der Waals surface area contributed by atoms with E-state index in [0.717, 1.165) is 31.5 Å². The highest BCUT2D eigenvalue weighted by Crippen LogP contribution is 2.27. The Morgan fingerprint density at radius 3 is 2.75 bits per heavy atom. The molecule has 1 aromatic rings. The Kier molecular flexibility index (Phi) is 6.16. The van der Waals surface area contributed by atoms with Gasteiger partial charge in [0, 0.05) is 44.5 Å². The number of hydrogen-bond donors (Lipinski definition) is 2. The molecule has 2 N–H and O–H groups in total. The molecule has 8 nitrogen and oxygen atoms in total. The summed E-state index contributed by atoms with van der Waals surface area (Å²) in [7, 11) is 0. The molecule has 2 heterocycles. The number of amides is 3. The van der Waals surface area contributed by atoms with Gasteiger partial charge in [0.05, 0.1) is 18.2 Å². The van der Waals surface area contributed by atoms with Gasteiger partial charge in [-0.1, -0.05) is 12.6 Å². The quantitative estimate of drug-likeness (QED) is 0.759. The third-order valence-electron chi connectivity index (χ3n) is 5.24. The van der Waals surface area contributed by atoms with Crippen LogP contribution in [-0.4, -0.2) is 72.3 Å². The second-order valence-corrected chi connectivity index (χ2v) is 7.21. The zero-order valence-corrected chi connectivity index (χ0v) is 15.8. The van der Waals surface area contributed by atoms with Crippen molar-refractivity contribution in [2.45, 2.75) is 18.9 Å². The van der Waals surface area contributed by atoms with Gasteiger partial charge in [-0.2, -0.15) is 5.26 Å². The van der Waals surface area contributed by atoms with Crippen molar-refractivity contribution in [3.05, 3.63) is 42.0 Å². The SMILES string of the molecule is C=C1CN(c2cccc(C#N)c2)C(=O)N(C2CCN(CCNC(=O)O)CC2)C1. The summed E-state index contributed by atoms with van der Waals surface area (Å²) < 4.78 is 0. The third-order valence-corrected chi connectivity index (χ3v) is 5.24. The summed E-state index contributed by atoms with van der Waals surface area (Å²) in [5.41, 5.74) is 2.21. The number of carboxylic acid groups (broad SMARTS) is 1. The highest BCUT2D eigenvalue weighted by molar-refractivity contribution is 5.94. The lowest BCUT2D eigenvalue weighted by atomic mass is 10.0. The predicted octanol–water partition coefficient (Wildman–Crippen LogP) is 2.09. The summed E-state index contributed by atoms with van der Waals surface area (Å²) in [4.78, 5) is 29.5. The minimum absolute atomic E-state index is 0.0477. The number of hydrogen-bond acceptors (Lipinski definition) is 4. The predicted molar refractivity (Wildman–Crippen MR) is 105 cm³/mol. The number of carbonyl (C=O) groups is 2. The van der Waals surface area contributed by atoms with Gasteiger partial charge >= 0.3 is 12.1 Å². The maximum absolute atomic E-state index is 13.1. The van der Waals surface area contributed by atoms with Crippen molar-refractivity contribution in [2.75, 3.05) is 44.2 Å². The van der Waals surface area contributed by atoms with Gasteiger partial charge in [-0.05, 0) is 36.6 Å². The summed E-state index contributed by atoms with van der Waals surface area (Å²) in [6.07, 6.45) is 0.684. The molecule has 0 radical (unpaired) electrons. The minimum atomic E-state index is -1.01. The van der Waals surface area contributed by atoms with Crippen LogP contribution in [0.15, 0.2) is 36.4 Å². The summed E-state index contributed by atoms with van der Waals surface area (Å²) in [6, 6.07) is 9.28. The Labute approximate surface area is 164 Å². The van der Waals surface area contributed by atoms with Gasteiger partial charge in [0.2, 0.25) is 0 Å². The maximum Gasteiger partial charge on any atom is 0.404 e. The molecule has 2 aliphatic rings. The molecule has 0 bridgehead atoms. The molecule has 2 fully saturated rings. The largest absolute Gasteiger partial charge is 0.465 e. The number of likely N-dealkylation sites (tertiary alicyclic amines) is 1. The van der Waals surface area contributed by atoms with Crippen LogP contribution >= 0.6 is 0 Å². The molecule has 2 aliphatic heterocycles. The number of rotatable bonds is 5. The van der Waals surface area contributed by atoms with Gasteiger partial charge in [0.1, 0.15) is 0 Å². The van der Waals surface area contributed by atoms with Crippen molar-refractivity contribution in [3.63, 3.8) is 0 Å². The zero-order chi connectivity index (χ0) is 20.1. The molecule has 0 atom stereocenters. The lowest BCUT2D eigenvalue weighted by molar-refractivity contribution is 0.125. The second kappa shape index (κ2) is 8.76. The second-order valence-electron chi connectivity index (χ2n) is 7.21. The average molecular weight is 383 g/mol. The van der Waals surface area contributed by atoms with Gasteiger partial charge in [-0.25, -0.2) is 9.59 Å². The number of urea groups is 1. The van der Waals surface area contributed by atoms with Crippen molar-refractivity contribution in [1.29, 1.82) is 5.26 Å². The minimum Gasteiger partial charge on any atom is -0.465 e. The van der Waals surface area contributed by atoms with Crippen LogP contribution in [0.5, 0.6) is 0 Å². The number of nitrogens with zero attached hydrogens (tertiary/aromatic N) is 4. The van der Waals surface area contributed by atoms with E-state index in [1.807, 2.05) is 11.0 Å². The smallest absolute Gasteiger partial charge is 0.404 e. The number of nitrogens with one attached hydrogen (secondary N) is 1. The Bertz CT molecular complexity index is 795. The first-order valence-electron chi connectivity index (χ1n) is 9.42. The van der Waals surface area contributed by atoms with Crippen LogP contribution in [0.4, 0.5) is 15.3 Å². The Balaban J connectivity index is 1.62. The van der Waals surface area contributed by atoms with Crippen molar-refractivity contribution in [2.24, 2.45) is 0 Å². The van der Waals surface area contributed by atoms with Crippen molar-refractivity contribution < 1.29 is 14.7 Å². The number of piperidine rings is 1. The van der Waals surface area contributed by atoms with Crippen LogP contribution in [0.25, 0.3) is 0 Å². The van der Waals surface area contributed by atoms with Gasteiger partial charge in [0.25, 0.3) is 0 Å². The van der Waals surface area contributed by atoms with E-state index in [9.17, 15) is 9.59 Å². The fraction of sp³-hybridized carbons (Fsp3) is 0.450. The van der Waals surface area contributed by atoms with E-state index >= 15 is 0 Å². The third kappa shape index (κ3) is 4.61. The molecule has 0 unspecified atom stereocenters. The van der Waals surface area contributed by atoms with Crippen molar-refractivity contribution >= 4 is 17.8 Å². The van der Waals surface area contributed by atoms with Gasteiger partial charge in [-0.15, -0.1) is 0 Å². The van der Waals surface area contributed by atoms with E-state index in [1.165, 1.54) is 0 Å². The Morgan fingerprint density at radius 1 is 1.32 bits per heavy atom. The summed E-state index contributed by atoms with van der Waals surface area (Å²) in [6.45, 7) is 7.86. The van der Waals surface area contributed by atoms with Crippen LogP contribution in [0.1, 0.15) is 18.4 Å². The number of anilines is 1. The highest BCUT2D eigenvalue weighted by atomic mass is 16.4. The van der Waals surface area contributed by atoms with E-state index in [4.69, 9.17) is 10.4 Å². The summed E-state index contributed by atoms with van der Waals surface area (Å²) >= 11 is 0. The van der Waals surface area contributed by atoms with Crippen LogP contribution < -0.4 is 10.2 Å². The maximum atomic E-state index is 13.1. The molecule has 8 heteroatoms. The molecule has 0 aromatic heterocycles. The van der Waals surface area contributed by atoms with Gasteiger partial charge in [0.15, 0.2) is 0 Å². The van der Waals surface area contributed by atoms with Crippen molar-refractivity contribution in [3.8, 4) is 6.07 Å². The monoisotopic (exact) mass is 383 g/mol. The lowest BCUT2D eigenvalue weighted by Crippen LogP contribution is -2.56. The normalized spacial score (nSPS) is 18.8. The zero-order valence-electron chi connectivity index (χ0n) is 15.8. The summed E-state index contributed by atoms with van der Waals surface area (Å²) in [5, 5.41) is 20.2. The van der Waals surface area contributed by atoms with Gasteiger partial charge < -0.3 is 20.2 Å². The van der Waals surface area contributed by atoms with Crippen LogP contribution in [0, 0.1) is 11.3 Å². The topological polar surface area (TPSA) is 99.9 Å². The Hall–Kier alpha value is -3.05. The van der Waals surface area contributed by atoms with Crippen LogP contribution in [-0.2, 0) is 0 Å². The molecule has 3 rings (SSSR count). The molecule has 3 amide bonds. The van der Waals surface area contributed by atoms with Gasteiger partial charge in [-0.3, -0.25) is 4.90 Å². The molecule has 28 heavy (non-hydrogen) atoms. The average Bonchev–Trinajstić information content (AvgIpc) is 2.70.